The highest BCUT2D eigenvalue weighted by Gasteiger charge is 2.34. The Morgan fingerprint density at radius 1 is 1.09 bits per heavy atom. The summed E-state index contributed by atoms with van der Waals surface area (Å²) in [4.78, 5) is 37.5. The van der Waals surface area contributed by atoms with Crippen molar-refractivity contribution in [2.75, 3.05) is 7.11 Å². The number of halogens is 1. The molecule has 1 heterocycles. The molecule has 0 spiro atoms. The summed E-state index contributed by atoms with van der Waals surface area (Å²) in [5.41, 5.74) is 1.41. The summed E-state index contributed by atoms with van der Waals surface area (Å²) >= 11 is 0. The van der Waals surface area contributed by atoms with E-state index in [0.29, 0.717) is 22.6 Å². The van der Waals surface area contributed by atoms with E-state index in [1.807, 2.05) is 0 Å². The van der Waals surface area contributed by atoms with Crippen LogP contribution in [0.15, 0.2) is 72.4 Å². The number of nitrogens with one attached hydrogen (secondary N) is 1. The van der Waals surface area contributed by atoms with Crippen molar-refractivity contribution in [3.63, 3.8) is 0 Å². The predicted octanol–water partition coefficient (Wildman–Crippen LogP) is 4.20. The lowest BCUT2D eigenvalue weighted by Crippen LogP contribution is -2.30. The first-order chi connectivity index (χ1) is 16.9. The van der Waals surface area contributed by atoms with Crippen LogP contribution in [0, 0.1) is 5.82 Å². The van der Waals surface area contributed by atoms with E-state index < -0.39 is 23.7 Å². The van der Waals surface area contributed by atoms with Crippen LogP contribution in [0.25, 0.3) is 6.08 Å². The molecule has 178 valence electrons. The SMILES string of the molecule is COc1cccc(C=C2NC(=O)N(Cc3ccccc3F)C2=O)c1OCc1cccc(C(=O)O)c1. The highest BCUT2D eigenvalue weighted by molar-refractivity contribution is 6.14. The minimum atomic E-state index is -1.05. The van der Waals surface area contributed by atoms with Gasteiger partial charge in [0.05, 0.1) is 19.2 Å². The summed E-state index contributed by atoms with van der Waals surface area (Å²) in [5, 5.41) is 11.7. The molecule has 1 saturated heterocycles. The maximum atomic E-state index is 14.0. The Bertz CT molecular complexity index is 1340. The number of hydrogen-bond acceptors (Lipinski definition) is 5. The van der Waals surface area contributed by atoms with Crippen LogP contribution in [0.5, 0.6) is 11.5 Å². The fourth-order valence-electron chi connectivity index (χ4n) is 3.58. The number of urea groups is 1. The number of benzene rings is 3. The summed E-state index contributed by atoms with van der Waals surface area (Å²) in [6, 6.07) is 16.6. The lowest BCUT2D eigenvalue weighted by atomic mass is 10.1. The number of methoxy groups -OCH3 is 1. The second kappa shape index (κ2) is 10.1. The first kappa shape index (κ1) is 23.5. The quantitative estimate of drug-likeness (QED) is 0.373. The Hall–Kier alpha value is -4.66. The van der Waals surface area contributed by atoms with Crippen LogP contribution >= 0.6 is 0 Å². The average Bonchev–Trinajstić information content (AvgIpc) is 3.11. The first-order valence-electron chi connectivity index (χ1n) is 10.6. The summed E-state index contributed by atoms with van der Waals surface area (Å²) < 4.78 is 25.4. The topological polar surface area (TPSA) is 105 Å². The van der Waals surface area contributed by atoms with Gasteiger partial charge in [-0.2, -0.15) is 0 Å². The predicted molar refractivity (Wildman–Crippen MR) is 124 cm³/mol. The van der Waals surface area contributed by atoms with Crippen molar-refractivity contribution in [3.05, 3.63) is 100 Å². The van der Waals surface area contributed by atoms with Crippen LogP contribution in [0.4, 0.5) is 9.18 Å². The Morgan fingerprint density at radius 2 is 1.86 bits per heavy atom. The van der Waals surface area contributed by atoms with Crippen LogP contribution in [-0.4, -0.2) is 35.0 Å². The average molecular weight is 476 g/mol. The van der Waals surface area contributed by atoms with E-state index in [2.05, 4.69) is 5.32 Å². The Kier molecular flexibility index (Phi) is 6.77. The molecule has 1 aliphatic rings. The molecular formula is C26H21FN2O6. The van der Waals surface area contributed by atoms with Gasteiger partial charge in [0, 0.05) is 11.1 Å². The third kappa shape index (κ3) is 5.14. The Morgan fingerprint density at radius 3 is 2.60 bits per heavy atom. The molecule has 0 aromatic heterocycles. The van der Waals surface area contributed by atoms with Crippen LogP contribution in [-0.2, 0) is 17.9 Å². The fourth-order valence-corrected chi connectivity index (χ4v) is 3.58. The summed E-state index contributed by atoms with van der Waals surface area (Å²) in [7, 11) is 1.46. The lowest BCUT2D eigenvalue weighted by molar-refractivity contribution is -0.123. The van der Waals surface area contributed by atoms with Gasteiger partial charge >= 0.3 is 12.0 Å². The van der Waals surface area contributed by atoms with Crippen LogP contribution in [0.3, 0.4) is 0 Å². The van der Waals surface area contributed by atoms with Crippen molar-refractivity contribution in [2.45, 2.75) is 13.2 Å². The van der Waals surface area contributed by atoms with Crippen molar-refractivity contribution in [3.8, 4) is 11.5 Å². The van der Waals surface area contributed by atoms with Gasteiger partial charge in [0.15, 0.2) is 11.5 Å². The number of carbonyl (C=O) groups is 3. The number of aromatic carboxylic acids is 1. The Balaban J connectivity index is 1.59. The molecule has 0 saturated carbocycles. The summed E-state index contributed by atoms with van der Waals surface area (Å²) in [6.07, 6.45) is 1.45. The highest BCUT2D eigenvalue weighted by atomic mass is 19.1. The van der Waals surface area contributed by atoms with E-state index in [0.717, 1.165) is 4.90 Å². The molecule has 2 N–H and O–H groups in total. The molecular weight excluding hydrogens is 455 g/mol. The van der Waals surface area contributed by atoms with Gasteiger partial charge in [-0.25, -0.2) is 14.0 Å². The van der Waals surface area contributed by atoms with Gasteiger partial charge < -0.3 is 19.9 Å². The minimum Gasteiger partial charge on any atom is -0.493 e. The molecule has 0 aliphatic carbocycles. The standard InChI is InChI=1S/C26H21FN2O6/c1-34-22-11-5-8-17(23(22)35-15-16-6-4-9-18(12-16)25(31)32)13-21-24(30)29(26(33)28-21)14-19-7-2-3-10-20(19)27/h2-13H,14-15H2,1H3,(H,28,33)(H,31,32). The van der Waals surface area contributed by atoms with E-state index in [1.165, 1.54) is 43.5 Å². The number of hydrogen-bond donors (Lipinski definition) is 2. The molecule has 35 heavy (non-hydrogen) atoms. The van der Waals surface area contributed by atoms with Gasteiger partial charge in [-0.05, 0) is 35.9 Å². The van der Waals surface area contributed by atoms with E-state index in [-0.39, 0.29) is 30.0 Å². The fraction of sp³-hybridized carbons (Fsp3) is 0.115. The van der Waals surface area contributed by atoms with Crippen molar-refractivity contribution >= 4 is 24.0 Å². The number of imide groups is 1. The van der Waals surface area contributed by atoms with Crippen molar-refractivity contribution < 1.29 is 33.4 Å². The van der Waals surface area contributed by atoms with Crippen LogP contribution in [0.1, 0.15) is 27.0 Å². The minimum absolute atomic E-state index is 0.00248. The molecule has 4 rings (SSSR count). The van der Waals surface area contributed by atoms with Crippen molar-refractivity contribution in [1.82, 2.24) is 10.2 Å². The molecule has 3 amide bonds. The number of nitrogens with zero attached hydrogens (tertiary/aromatic N) is 1. The van der Waals surface area contributed by atoms with E-state index in [4.69, 9.17) is 9.47 Å². The zero-order chi connectivity index (χ0) is 24.9. The molecule has 1 aliphatic heterocycles. The number of carbonyl (C=O) groups excluding carboxylic acids is 2. The molecule has 0 bridgehead atoms. The van der Waals surface area contributed by atoms with E-state index in [9.17, 15) is 23.9 Å². The summed E-state index contributed by atoms with van der Waals surface area (Å²) in [5.74, 6) is -1.49. The second-order valence-electron chi connectivity index (χ2n) is 7.64. The number of rotatable bonds is 8. The zero-order valence-corrected chi connectivity index (χ0v) is 18.7. The molecule has 3 aromatic rings. The normalized spacial score (nSPS) is 14.2. The maximum absolute atomic E-state index is 14.0. The third-order valence-electron chi connectivity index (χ3n) is 5.33. The summed E-state index contributed by atoms with van der Waals surface area (Å²) in [6.45, 7) is -0.173. The second-order valence-corrected chi connectivity index (χ2v) is 7.64. The van der Waals surface area contributed by atoms with Crippen molar-refractivity contribution in [1.29, 1.82) is 0 Å². The first-order valence-corrected chi connectivity index (χ1v) is 10.6. The van der Waals surface area contributed by atoms with Crippen LogP contribution < -0.4 is 14.8 Å². The van der Waals surface area contributed by atoms with Gasteiger partial charge in [-0.15, -0.1) is 0 Å². The molecule has 0 radical (unpaired) electrons. The Labute approximate surface area is 200 Å². The van der Waals surface area contributed by atoms with E-state index >= 15 is 0 Å². The molecule has 9 heteroatoms. The van der Waals surface area contributed by atoms with Gasteiger partial charge in [0.1, 0.15) is 18.1 Å². The molecule has 0 atom stereocenters. The number of carboxylic acid groups (broad SMARTS) is 1. The lowest BCUT2D eigenvalue weighted by Gasteiger charge is -2.14. The number of ether oxygens (including phenoxy) is 2. The largest absolute Gasteiger partial charge is 0.493 e. The van der Waals surface area contributed by atoms with Gasteiger partial charge in [-0.3, -0.25) is 9.69 Å². The zero-order valence-electron chi connectivity index (χ0n) is 18.7. The van der Waals surface area contributed by atoms with Gasteiger partial charge in [-0.1, -0.05) is 42.5 Å². The number of para-hydroxylation sites is 1. The number of amides is 3. The van der Waals surface area contributed by atoms with Crippen LogP contribution in [0.2, 0.25) is 0 Å². The molecule has 1 fully saturated rings. The molecule has 3 aromatic carbocycles. The number of carboxylic acids is 1. The smallest absolute Gasteiger partial charge is 0.335 e. The molecule has 8 nitrogen and oxygen atoms in total. The monoisotopic (exact) mass is 476 g/mol. The van der Waals surface area contributed by atoms with Gasteiger partial charge in [0.2, 0.25) is 0 Å². The van der Waals surface area contributed by atoms with Crippen molar-refractivity contribution in [2.24, 2.45) is 0 Å². The van der Waals surface area contributed by atoms with E-state index in [1.54, 1.807) is 36.4 Å². The maximum Gasteiger partial charge on any atom is 0.335 e. The highest BCUT2D eigenvalue weighted by Crippen LogP contribution is 2.34. The van der Waals surface area contributed by atoms with Gasteiger partial charge in [0.25, 0.3) is 5.91 Å². The molecule has 0 unspecified atom stereocenters. The third-order valence-corrected chi connectivity index (χ3v) is 5.33.